The van der Waals surface area contributed by atoms with E-state index in [9.17, 15) is 0 Å². The van der Waals surface area contributed by atoms with Crippen LogP contribution in [0.25, 0.3) is 0 Å². The predicted octanol–water partition coefficient (Wildman–Crippen LogP) is 0.914. The van der Waals surface area contributed by atoms with Crippen molar-refractivity contribution < 1.29 is 0 Å². The van der Waals surface area contributed by atoms with Crippen molar-refractivity contribution >= 4 is 11.6 Å². The molecule has 2 heterocycles. The molecule has 2 rings (SSSR count). The lowest BCUT2D eigenvalue weighted by atomic mass is 10.5. The summed E-state index contributed by atoms with van der Waals surface area (Å²) in [5.41, 5.74) is 0.803. The Bertz CT molecular complexity index is 380. The lowest BCUT2D eigenvalue weighted by Gasteiger charge is -2.00. The number of hydrogen-bond acceptors (Lipinski definition) is 3. The van der Waals surface area contributed by atoms with Gasteiger partial charge in [0.15, 0.2) is 0 Å². The molecular weight excluding hydrogens is 202 g/mol. The van der Waals surface area contributed by atoms with Crippen LogP contribution in [-0.2, 0) is 19.0 Å². The summed E-state index contributed by atoms with van der Waals surface area (Å²) in [5, 5.41) is 7.83. The van der Waals surface area contributed by atoms with Crippen LogP contribution >= 0.6 is 11.6 Å². The van der Waals surface area contributed by atoms with E-state index in [4.69, 9.17) is 11.6 Å². The van der Waals surface area contributed by atoms with Crippen LogP contribution in [0.3, 0.4) is 0 Å². The summed E-state index contributed by atoms with van der Waals surface area (Å²) in [4.78, 5) is 3.95. The molecule has 2 aromatic rings. The maximum atomic E-state index is 5.61. The average Bonchev–Trinajstić information content (AvgIpc) is 2.86. The molecule has 0 fully saturated rings. The van der Waals surface area contributed by atoms with Crippen LogP contribution in [0.5, 0.6) is 0 Å². The van der Waals surface area contributed by atoms with Gasteiger partial charge in [-0.3, -0.25) is 4.68 Å². The molecule has 2 aromatic heterocycles. The SMILES string of the molecule is ClCc1cn(CCn2ccnc2)nn1. The quantitative estimate of drug-likeness (QED) is 0.707. The lowest BCUT2D eigenvalue weighted by Crippen LogP contribution is -2.06. The zero-order chi connectivity index (χ0) is 9.80. The number of hydrogen-bond donors (Lipinski definition) is 0. The van der Waals surface area contributed by atoms with Gasteiger partial charge in [-0.1, -0.05) is 5.21 Å². The molecule has 0 spiro atoms. The Balaban J connectivity index is 1.92. The second-order valence-corrected chi connectivity index (χ2v) is 3.17. The number of nitrogens with zero attached hydrogens (tertiary/aromatic N) is 5. The molecule has 0 amide bonds. The maximum absolute atomic E-state index is 5.61. The van der Waals surface area contributed by atoms with Crippen LogP contribution in [0.4, 0.5) is 0 Å². The van der Waals surface area contributed by atoms with Crippen LogP contribution in [0.1, 0.15) is 5.69 Å². The van der Waals surface area contributed by atoms with Gasteiger partial charge in [0.25, 0.3) is 0 Å². The van der Waals surface area contributed by atoms with Gasteiger partial charge in [0.05, 0.1) is 24.4 Å². The van der Waals surface area contributed by atoms with Crippen LogP contribution in [0.2, 0.25) is 0 Å². The normalized spacial score (nSPS) is 10.6. The Hall–Kier alpha value is -1.36. The molecule has 0 saturated heterocycles. The number of aromatic nitrogens is 5. The van der Waals surface area contributed by atoms with Crippen molar-refractivity contribution in [2.45, 2.75) is 19.0 Å². The highest BCUT2D eigenvalue weighted by Gasteiger charge is 1.98. The number of halogens is 1. The van der Waals surface area contributed by atoms with Gasteiger partial charge in [0.2, 0.25) is 0 Å². The third kappa shape index (κ3) is 2.11. The van der Waals surface area contributed by atoms with Crippen molar-refractivity contribution in [2.75, 3.05) is 0 Å². The predicted molar refractivity (Wildman–Crippen MR) is 51.8 cm³/mol. The molecule has 0 radical (unpaired) electrons. The first-order chi connectivity index (χ1) is 6.88. The zero-order valence-electron chi connectivity index (χ0n) is 7.54. The van der Waals surface area contributed by atoms with Gasteiger partial charge in [-0.15, -0.1) is 16.7 Å². The highest BCUT2D eigenvalue weighted by Crippen LogP contribution is 1.97. The molecule has 0 saturated carbocycles. The third-order valence-corrected chi connectivity index (χ3v) is 2.14. The summed E-state index contributed by atoms with van der Waals surface area (Å²) < 4.78 is 3.76. The topological polar surface area (TPSA) is 48.5 Å². The van der Waals surface area contributed by atoms with Crippen LogP contribution < -0.4 is 0 Å². The number of rotatable bonds is 4. The third-order valence-electron chi connectivity index (χ3n) is 1.87. The molecule has 5 nitrogen and oxygen atoms in total. The second kappa shape index (κ2) is 4.23. The second-order valence-electron chi connectivity index (χ2n) is 2.91. The van der Waals surface area contributed by atoms with E-state index in [0.29, 0.717) is 5.88 Å². The van der Waals surface area contributed by atoms with Crippen molar-refractivity contribution in [3.05, 3.63) is 30.6 Å². The molecule has 0 bridgehead atoms. The molecule has 0 aliphatic carbocycles. The van der Waals surface area contributed by atoms with Gasteiger partial charge in [-0.05, 0) is 0 Å². The van der Waals surface area contributed by atoms with E-state index in [0.717, 1.165) is 18.8 Å². The smallest absolute Gasteiger partial charge is 0.0974 e. The molecular formula is C8H10ClN5. The minimum atomic E-state index is 0.408. The average molecular weight is 212 g/mol. The Kier molecular flexibility index (Phi) is 2.78. The molecule has 0 aliphatic heterocycles. The molecule has 74 valence electrons. The summed E-state index contributed by atoms with van der Waals surface area (Å²) in [6, 6.07) is 0. The van der Waals surface area contributed by atoms with Crippen LogP contribution in [-0.4, -0.2) is 24.5 Å². The van der Waals surface area contributed by atoms with Gasteiger partial charge < -0.3 is 4.57 Å². The molecule has 0 N–H and O–H groups in total. The van der Waals surface area contributed by atoms with Gasteiger partial charge in [0, 0.05) is 25.1 Å². The molecule has 0 aliphatic rings. The van der Waals surface area contributed by atoms with E-state index in [1.165, 1.54) is 0 Å². The van der Waals surface area contributed by atoms with Gasteiger partial charge in [-0.2, -0.15) is 0 Å². The molecule has 0 unspecified atom stereocenters. The van der Waals surface area contributed by atoms with Crippen molar-refractivity contribution in [3.8, 4) is 0 Å². The van der Waals surface area contributed by atoms with E-state index in [-0.39, 0.29) is 0 Å². The standard InChI is InChI=1S/C8H10ClN5/c9-5-8-6-14(12-11-8)4-3-13-2-1-10-7-13/h1-2,6-7H,3-5H2. The van der Waals surface area contributed by atoms with E-state index in [1.54, 1.807) is 17.2 Å². The number of aryl methyl sites for hydroxylation is 2. The summed E-state index contributed by atoms with van der Waals surface area (Å²) in [5.74, 6) is 0.408. The Morgan fingerprint density at radius 1 is 1.36 bits per heavy atom. The van der Waals surface area contributed by atoms with Crippen LogP contribution in [0, 0.1) is 0 Å². The van der Waals surface area contributed by atoms with Gasteiger partial charge in [0.1, 0.15) is 0 Å². The largest absolute Gasteiger partial charge is 0.336 e. The summed E-state index contributed by atoms with van der Waals surface area (Å²) in [6.07, 6.45) is 7.30. The number of imidazole rings is 1. The van der Waals surface area contributed by atoms with E-state index >= 15 is 0 Å². The highest BCUT2D eigenvalue weighted by molar-refractivity contribution is 6.16. The maximum Gasteiger partial charge on any atom is 0.0974 e. The number of alkyl halides is 1. The minimum absolute atomic E-state index is 0.408. The van der Waals surface area contributed by atoms with Crippen molar-refractivity contribution in [1.82, 2.24) is 24.5 Å². The van der Waals surface area contributed by atoms with Crippen molar-refractivity contribution in [2.24, 2.45) is 0 Å². The lowest BCUT2D eigenvalue weighted by molar-refractivity contribution is 0.519. The van der Waals surface area contributed by atoms with E-state index in [1.807, 2.05) is 17.0 Å². The fraction of sp³-hybridized carbons (Fsp3) is 0.375. The van der Waals surface area contributed by atoms with Gasteiger partial charge >= 0.3 is 0 Å². The summed E-state index contributed by atoms with van der Waals surface area (Å²) in [6.45, 7) is 1.62. The fourth-order valence-electron chi connectivity index (χ4n) is 1.15. The molecule has 6 heteroatoms. The van der Waals surface area contributed by atoms with Crippen molar-refractivity contribution in [1.29, 1.82) is 0 Å². The first-order valence-electron chi connectivity index (χ1n) is 4.29. The molecule has 14 heavy (non-hydrogen) atoms. The van der Waals surface area contributed by atoms with Crippen LogP contribution in [0.15, 0.2) is 24.9 Å². The fourth-order valence-corrected chi connectivity index (χ4v) is 1.27. The molecule has 0 atom stereocenters. The van der Waals surface area contributed by atoms with Crippen molar-refractivity contribution in [3.63, 3.8) is 0 Å². The Morgan fingerprint density at radius 2 is 2.29 bits per heavy atom. The minimum Gasteiger partial charge on any atom is -0.336 e. The first kappa shape index (κ1) is 9.21. The highest BCUT2D eigenvalue weighted by atomic mass is 35.5. The Labute approximate surface area is 86.3 Å². The first-order valence-corrected chi connectivity index (χ1v) is 4.82. The monoisotopic (exact) mass is 211 g/mol. The summed E-state index contributed by atoms with van der Waals surface area (Å²) >= 11 is 5.61. The Morgan fingerprint density at radius 3 is 2.93 bits per heavy atom. The van der Waals surface area contributed by atoms with E-state index < -0.39 is 0 Å². The zero-order valence-corrected chi connectivity index (χ0v) is 8.30. The summed E-state index contributed by atoms with van der Waals surface area (Å²) in [7, 11) is 0. The van der Waals surface area contributed by atoms with Gasteiger partial charge in [-0.25, -0.2) is 4.98 Å². The molecule has 0 aromatic carbocycles. The van der Waals surface area contributed by atoms with E-state index in [2.05, 4.69) is 15.3 Å².